The molecule has 4 rings (SSSR count). The number of nitrogens with zero attached hydrogens (tertiary/aromatic N) is 3. The molecule has 2 aromatic carbocycles. The van der Waals surface area contributed by atoms with E-state index in [-0.39, 0.29) is 11.4 Å². The summed E-state index contributed by atoms with van der Waals surface area (Å²) < 4.78 is 25.5. The summed E-state index contributed by atoms with van der Waals surface area (Å²) in [4.78, 5) is 17.6. The van der Waals surface area contributed by atoms with Crippen LogP contribution >= 0.6 is 11.3 Å². The lowest BCUT2D eigenvalue weighted by atomic mass is 10.1. The second-order valence-electron chi connectivity index (χ2n) is 6.37. The Kier molecular flexibility index (Phi) is 5.26. The Labute approximate surface area is 169 Å². The number of rotatable bonds is 6. The van der Waals surface area contributed by atoms with Crippen LogP contribution in [0.5, 0.6) is 11.5 Å². The highest BCUT2D eigenvalue weighted by Crippen LogP contribution is 2.25. The number of halogens is 1. The molecule has 0 saturated carbocycles. The second kappa shape index (κ2) is 8.00. The summed E-state index contributed by atoms with van der Waals surface area (Å²) >= 11 is 1.26. The summed E-state index contributed by atoms with van der Waals surface area (Å²) in [5, 5.41) is 4.35. The summed E-state index contributed by atoms with van der Waals surface area (Å²) in [6.07, 6.45) is 2.93. The molecular weight excluding hydrogens is 393 g/mol. The van der Waals surface area contributed by atoms with Crippen LogP contribution in [0.15, 0.2) is 47.3 Å². The van der Waals surface area contributed by atoms with Gasteiger partial charge in [-0.15, -0.1) is 5.10 Å². The molecule has 0 aliphatic rings. The van der Waals surface area contributed by atoms with E-state index < -0.39 is 0 Å². The van der Waals surface area contributed by atoms with E-state index in [1.165, 1.54) is 28.0 Å². The zero-order chi connectivity index (χ0) is 20.4. The monoisotopic (exact) mass is 411 g/mol. The van der Waals surface area contributed by atoms with E-state index in [4.69, 9.17) is 9.47 Å². The molecule has 0 aliphatic heterocycles. The third-order valence-electron chi connectivity index (χ3n) is 4.50. The van der Waals surface area contributed by atoms with Gasteiger partial charge in [0.25, 0.3) is 5.56 Å². The Hall–Kier alpha value is -3.26. The first-order chi connectivity index (χ1) is 14.1. The average Bonchev–Trinajstić information content (AvgIpc) is 3.26. The molecule has 0 unspecified atom stereocenters. The molecule has 0 fully saturated rings. The van der Waals surface area contributed by atoms with Crippen LogP contribution in [0.25, 0.3) is 11.0 Å². The Morgan fingerprint density at radius 3 is 2.59 bits per heavy atom. The molecule has 0 saturated heterocycles. The number of fused-ring (bicyclic) bond motifs is 1. The van der Waals surface area contributed by atoms with E-state index in [1.54, 1.807) is 32.4 Å². The fourth-order valence-electron chi connectivity index (χ4n) is 3.01. The Balaban J connectivity index is 1.58. The SMILES string of the molecule is COc1ccc(OC)c(CCc2nc3s/c(=C\c4ccc(F)cc4)c(=O)n3n2)c1. The van der Waals surface area contributed by atoms with Crippen LogP contribution in [0.4, 0.5) is 4.39 Å². The molecule has 0 atom stereocenters. The number of aromatic nitrogens is 3. The lowest BCUT2D eigenvalue weighted by Crippen LogP contribution is -2.23. The number of hydrogen-bond donors (Lipinski definition) is 0. The second-order valence-corrected chi connectivity index (χ2v) is 7.38. The Bertz CT molecular complexity index is 1270. The predicted octanol–water partition coefficient (Wildman–Crippen LogP) is 2.64. The van der Waals surface area contributed by atoms with Crippen molar-refractivity contribution in [2.75, 3.05) is 14.2 Å². The predicted molar refractivity (Wildman–Crippen MR) is 109 cm³/mol. The van der Waals surface area contributed by atoms with Gasteiger partial charge in [0.1, 0.15) is 17.3 Å². The van der Waals surface area contributed by atoms with Crippen LogP contribution < -0.4 is 19.6 Å². The van der Waals surface area contributed by atoms with Crippen molar-refractivity contribution in [2.24, 2.45) is 0 Å². The molecule has 29 heavy (non-hydrogen) atoms. The summed E-state index contributed by atoms with van der Waals surface area (Å²) in [7, 11) is 3.24. The molecule has 0 N–H and O–H groups in total. The first kappa shape index (κ1) is 19.1. The molecule has 0 spiro atoms. The van der Waals surface area contributed by atoms with Gasteiger partial charge in [0, 0.05) is 6.42 Å². The zero-order valence-electron chi connectivity index (χ0n) is 15.9. The van der Waals surface area contributed by atoms with Crippen LogP contribution in [0.1, 0.15) is 17.0 Å². The fraction of sp³-hybridized carbons (Fsp3) is 0.190. The molecule has 8 heteroatoms. The molecule has 0 aliphatic carbocycles. The van der Waals surface area contributed by atoms with Gasteiger partial charge in [-0.1, -0.05) is 23.5 Å². The molecule has 2 heterocycles. The van der Waals surface area contributed by atoms with Crippen molar-refractivity contribution in [1.82, 2.24) is 14.6 Å². The Morgan fingerprint density at radius 2 is 1.90 bits per heavy atom. The summed E-state index contributed by atoms with van der Waals surface area (Å²) in [5.41, 5.74) is 1.50. The van der Waals surface area contributed by atoms with Gasteiger partial charge in [0.05, 0.1) is 18.8 Å². The van der Waals surface area contributed by atoms with E-state index in [2.05, 4.69) is 10.1 Å². The van der Waals surface area contributed by atoms with E-state index >= 15 is 0 Å². The quantitative estimate of drug-likeness (QED) is 0.488. The van der Waals surface area contributed by atoms with Crippen LogP contribution in [0.3, 0.4) is 0 Å². The number of ether oxygens (including phenoxy) is 2. The first-order valence-electron chi connectivity index (χ1n) is 8.94. The van der Waals surface area contributed by atoms with Gasteiger partial charge in [0.2, 0.25) is 4.96 Å². The minimum absolute atomic E-state index is 0.230. The largest absolute Gasteiger partial charge is 0.497 e. The van der Waals surface area contributed by atoms with Crippen LogP contribution in [0.2, 0.25) is 0 Å². The number of thiazole rings is 1. The lowest BCUT2D eigenvalue weighted by molar-refractivity contribution is 0.398. The average molecular weight is 411 g/mol. The highest BCUT2D eigenvalue weighted by Gasteiger charge is 2.12. The maximum atomic E-state index is 13.0. The van der Waals surface area contributed by atoms with Gasteiger partial charge in [-0.25, -0.2) is 9.37 Å². The summed E-state index contributed by atoms with van der Waals surface area (Å²) in [6.45, 7) is 0. The number of benzene rings is 2. The van der Waals surface area contributed by atoms with Gasteiger partial charge >= 0.3 is 0 Å². The van der Waals surface area contributed by atoms with Crippen LogP contribution in [0, 0.1) is 5.82 Å². The summed E-state index contributed by atoms with van der Waals surface area (Å²) in [5.74, 6) is 1.80. The number of methoxy groups -OCH3 is 2. The third kappa shape index (κ3) is 3.97. The van der Waals surface area contributed by atoms with Crippen molar-refractivity contribution in [2.45, 2.75) is 12.8 Å². The van der Waals surface area contributed by atoms with Gasteiger partial charge in [-0.2, -0.15) is 4.52 Å². The van der Waals surface area contributed by atoms with Crippen LogP contribution in [-0.4, -0.2) is 28.8 Å². The zero-order valence-corrected chi connectivity index (χ0v) is 16.7. The van der Waals surface area contributed by atoms with Gasteiger partial charge < -0.3 is 9.47 Å². The number of hydrogen-bond acceptors (Lipinski definition) is 6. The van der Waals surface area contributed by atoms with Crippen molar-refractivity contribution >= 4 is 22.4 Å². The first-order valence-corrected chi connectivity index (χ1v) is 9.75. The third-order valence-corrected chi connectivity index (χ3v) is 5.46. The van der Waals surface area contributed by atoms with Gasteiger partial charge in [-0.05, 0) is 54.0 Å². The van der Waals surface area contributed by atoms with Gasteiger partial charge in [-0.3, -0.25) is 4.79 Å². The molecule has 0 amide bonds. The van der Waals surface area contributed by atoms with Crippen molar-refractivity contribution in [3.8, 4) is 11.5 Å². The van der Waals surface area contributed by atoms with E-state index in [0.717, 1.165) is 22.6 Å². The molecule has 0 bridgehead atoms. The lowest BCUT2D eigenvalue weighted by Gasteiger charge is -2.09. The maximum absolute atomic E-state index is 13.0. The van der Waals surface area contributed by atoms with Crippen molar-refractivity contribution in [3.05, 3.63) is 80.1 Å². The van der Waals surface area contributed by atoms with Crippen molar-refractivity contribution < 1.29 is 13.9 Å². The highest BCUT2D eigenvalue weighted by atomic mass is 32.1. The molecule has 4 aromatic rings. The van der Waals surface area contributed by atoms with Gasteiger partial charge in [0.15, 0.2) is 5.82 Å². The molecule has 2 aromatic heterocycles. The van der Waals surface area contributed by atoms with E-state index in [0.29, 0.717) is 28.2 Å². The fourth-order valence-corrected chi connectivity index (χ4v) is 3.94. The topological polar surface area (TPSA) is 65.7 Å². The maximum Gasteiger partial charge on any atom is 0.291 e. The normalized spacial score (nSPS) is 11.9. The standard InChI is InChI=1S/C21H18FN3O3S/c1-27-16-8-9-17(28-2)14(12-16)5-10-19-23-21-25(24-19)20(26)18(29-21)11-13-3-6-15(22)7-4-13/h3-4,6-9,11-12H,5,10H2,1-2H3/b18-11-. The van der Waals surface area contributed by atoms with Crippen molar-refractivity contribution in [3.63, 3.8) is 0 Å². The minimum Gasteiger partial charge on any atom is -0.497 e. The van der Waals surface area contributed by atoms with Crippen LogP contribution in [-0.2, 0) is 12.8 Å². The van der Waals surface area contributed by atoms with E-state index in [1.807, 2.05) is 18.2 Å². The molecule has 148 valence electrons. The minimum atomic E-state index is -0.315. The van der Waals surface area contributed by atoms with E-state index in [9.17, 15) is 9.18 Å². The smallest absolute Gasteiger partial charge is 0.291 e. The molecular formula is C21H18FN3O3S. The van der Waals surface area contributed by atoms with Crippen molar-refractivity contribution in [1.29, 1.82) is 0 Å². The number of aryl methyl sites for hydroxylation is 2. The Morgan fingerprint density at radius 1 is 1.10 bits per heavy atom. The highest BCUT2D eigenvalue weighted by molar-refractivity contribution is 7.15. The molecule has 0 radical (unpaired) electrons. The molecule has 6 nitrogen and oxygen atoms in total. The summed E-state index contributed by atoms with van der Waals surface area (Å²) in [6, 6.07) is 11.6.